The molecule has 0 bridgehead atoms. The first-order chi connectivity index (χ1) is 8.08. The average molecular weight is 227 g/mol. The molecule has 2 aromatic rings. The van der Waals surface area contributed by atoms with E-state index in [1.54, 1.807) is 10.6 Å². The smallest absolute Gasteiger partial charge is 0.251 e. The maximum atomic E-state index is 11.8. The maximum Gasteiger partial charge on any atom is 0.251 e. The van der Waals surface area contributed by atoms with Gasteiger partial charge in [-0.1, -0.05) is 18.2 Å². The number of rotatable bonds is 2. The molecule has 2 nitrogen and oxygen atoms in total. The molecule has 0 aliphatic heterocycles. The first kappa shape index (κ1) is 11.6. The molecule has 0 fully saturated rings. The Hall–Kier alpha value is -1.83. The second-order valence-electron chi connectivity index (χ2n) is 4.54. The fourth-order valence-electron chi connectivity index (χ4n) is 2.01. The normalized spacial score (nSPS) is 10.5. The second kappa shape index (κ2) is 4.58. The van der Waals surface area contributed by atoms with Gasteiger partial charge in [0.05, 0.1) is 6.54 Å². The van der Waals surface area contributed by atoms with Crippen LogP contribution in [0.15, 0.2) is 41.3 Å². The molecule has 0 aliphatic rings. The molecular formula is C15H17NO. The number of hydrogen-bond acceptors (Lipinski definition) is 1. The zero-order valence-electron chi connectivity index (χ0n) is 10.5. The molecule has 0 radical (unpaired) electrons. The average Bonchev–Trinajstić information content (AvgIpc) is 2.26. The quantitative estimate of drug-likeness (QED) is 0.773. The van der Waals surface area contributed by atoms with Crippen molar-refractivity contribution < 1.29 is 0 Å². The Bertz CT molecular complexity index is 576. The first-order valence-corrected chi connectivity index (χ1v) is 5.80. The van der Waals surface area contributed by atoms with E-state index < -0.39 is 0 Å². The molecule has 0 saturated heterocycles. The molecule has 2 heteroatoms. The van der Waals surface area contributed by atoms with Gasteiger partial charge in [-0.15, -0.1) is 0 Å². The molecule has 0 aliphatic carbocycles. The number of nitrogens with zero attached hydrogens (tertiary/aromatic N) is 1. The largest absolute Gasteiger partial charge is 0.311 e. The van der Waals surface area contributed by atoms with Gasteiger partial charge in [-0.25, -0.2) is 0 Å². The highest BCUT2D eigenvalue weighted by Gasteiger charge is 2.04. The minimum Gasteiger partial charge on any atom is -0.311 e. The van der Waals surface area contributed by atoms with Gasteiger partial charge in [0.25, 0.3) is 5.56 Å². The van der Waals surface area contributed by atoms with Crippen LogP contribution in [0.1, 0.15) is 22.3 Å². The fraction of sp³-hybridized carbons (Fsp3) is 0.267. The van der Waals surface area contributed by atoms with Crippen molar-refractivity contribution in [3.8, 4) is 0 Å². The highest BCUT2D eigenvalue weighted by Crippen LogP contribution is 2.14. The SMILES string of the molecule is Cc1ccn(Cc2c(C)cccc2C)c(=O)c1. The lowest BCUT2D eigenvalue weighted by molar-refractivity contribution is 0.749. The van der Waals surface area contributed by atoms with Crippen LogP contribution in [0.2, 0.25) is 0 Å². The summed E-state index contributed by atoms with van der Waals surface area (Å²) in [7, 11) is 0. The van der Waals surface area contributed by atoms with Crippen molar-refractivity contribution in [1.29, 1.82) is 0 Å². The van der Waals surface area contributed by atoms with E-state index in [1.165, 1.54) is 16.7 Å². The molecule has 0 amide bonds. The van der Waals surface area contributed by atoms with Crippen molar-refractivity contribution in [2.75, 3.05) is 0 Å². The van der Waals surface area contributed by atoms with Crippen molar-refractivity contribution in [3.05, 3.63) is 69.1 Å². The van der Waals surface area contributed by atoms with E-state index in [0.717, 1.165) is 5.56 Å². The molecule has 0 atom stereocenters. The summed E-state index contributed by atoms with van der Waals surface area (Å²) in [5.74, 6) is 0. The summed E-state index contributed by atoms with van der Waals surface area (Å²) in [5.41, 5.74) is 4.77. The van der Waals surface area contributed by atoms with Crippen LogP contribution in [0, 0.1) is 20.8 Å². The number of pyridine rings is 1. The third-order valence-electron chi connectivity index (χ3n) is 3.12. The van der Waals surface area contributed by atoms with Crippen LogP contribution in [0.5, 0.6) is 0 Å². The Morgan fingerprint density at radius 1 is 1.06 bits per heavy atom. The van der Waals surface area contributed by atoms with Crippen molar-refractivity contribution in [3.63, 3.8) is 0 Å². The summed E-state index contributed by atoms with van der Waals surface area (Å²) >= 11 is 0. The van der Waals surface area contributed by atoms with Gasteiger partial charge in [-0.3, -0.25) is 4.79 Å². The number of benzene rings is 1. The van der Waals surface area contributed by atoms with Gasteiger partial charge in [0.1, 0.15) is 0 Å². The van der Waals surface area contributed by atoms with Gasteiger partial charge >= 0.3 is 0 Å². The van der Waals surface area contributed by atoms with E-state index in [0.29, 0.717) is 6.54 Å². The van der Waals surface area contributed by atoms with Crippen molar-refractivity contribution in [2.45, 2.75) is 27.3 Å². The molecule has 1 aromatic carbocycles. The van der Waals surface area contributed by atoms with E-state index in [9.17, 15) is 4.79 Å². The number of aromatic nitrogens is 1. The Labute approximate surface area is 102 Å². The summed E-state index contributed by atoms with van der Waals surface area (Å²) in [4.78, 5) is 11.8. The van der Waals surface area contributed by atoms with Crippen LogP contribution in [0.4, 0.5) is 0 Å². The zero-order chi connectivity index (χ0) is 12.4. The van der Waals surface area contributed by atoms with Crippen LogP contribution < -0.4 is 5.56 Å². The van der Waals surface area contributed by atoms with Crippen LogP contribution in [0.25, 0.3) is 0 Å². The molecule has 0 N–H and O–H groups in total. The molecule has 1 heterocycles. The Kier molecular flexibility index (Phi) is 3.14. The Morgan fingerprint density at radius 3 is 2.29 bits per heavy atom. The summed E-state index contributed by atoms with van der Waals surface area (Å²) in [6, 6.07) is 9.86. The fourth-order valence-corrected chi connectivity index (χ4v) is 2.01. The topological polar surface area (TPSA) is 22.0 Å². The predicted molar refractivity (Wildman–Crippen MR) is 70.5 cm³/mol. The zero-order valence-corrected chi connectivity index (χ0v) is 10.5. The Balaban J connectivity index is 2.42. The minimum atomic E-state index is 0.0626. The van der Waals surface area contributed by atoms with Gasteiger partial charge < -0.3 is 4.57 Å². The lowest BCUT2D eigenvalue weighted by Gasteiger charge is -2.11. The maximum absolute atomic E-state index is 11.8. The monoisotopic (exact) mass is 227 g/mol. The standard InChI is InChI=1S/C15H17NO/c1-11-7-8-16(15(17)9-11)10-14-12(2)5-4-6-13(14)3/h4-9H,10H2,1-3H3. The summed E-state index contributed by atoms with van der Waals surface area (Å²) < 4.78 is 1.75. The molecular weight excluding hydrogens is 210 g/mol. The van der Waals surface area contributed by atoms with Gasteiger partial charge in [0.15, 0.2) is 0 Å². The minimum absolute atomic E-state index is 0.0626. The van der Waals surface area contributed by atoms with Crippen LogP contribution >= 0.6 is 0 Å². The highest BCUT2D eigenvalue weighted by molar-refractivity contribution is 5.33. The molecule has 1 aromatic heterocycles. The van der Waals surface area contributed by atoms with E-state index in [1.807, 2.05) is 25.3 Å². The predicted octanol–water partition coefficient (Wildman–Crippen LogP) is 2.82. The molecule has 0 unspecified atom stereocenters. The van der Waals surface area contributed by atoms with Crippen molar-refractivity contribution >= 4 is 0 Å². The van der Waals surface area contributed by atoms with Gasteiger partial charge in [-0.05, 0) is 49.1 Å². The van der Waals surface area contributed by atoms with E-state index in [2.05, 4.69) is 26.0 Å². The van der Waals surface area contributed by atoms with Crippen molar-refractivity contribution in [2.24, 2.45) is 0 Å². The second-order valence-corrected chi connectivity index (χ2v) is 4.54. The van der Waals surface area contributed by atoms with E-state index >= 15 is 0 Å². The molecule has 17 heavy (non-hydrogen) atoms. The molecule has 0 spiro atoms. The molecule has 0 saturated carbocycles. The number of aryl methyl sites for hydroxylation is 3. The van der Waals surface area contributed by atoms with E-state index in [4.69, 9.17) is 0 Å². The lowest BCUT2D eigenvalue weighted by atomic mass is 10.0. The number of hydrogen-bond donors (Lipinski definition) is 0. The summed E-state index contributed by atoms with van der Waals surface area (Å²) in [5, 5.41) is 0. The molecule has 88 valence electrons. The molecule has 2 rings (SSSR count). The first-order valence-electron chi connectivity index (χ1n) is 5.80. The summed E-state index contributed by atoms with van der Waals surface area (Å²) in [6.45, 7) is 6.76. The third kappa shape index (κ3) is 2.47. The Morgan fingerprint density at radius 2 is 1.71 bits per heavy atom. The van der Waals surface area contributed by atoms with Gasteiger partial charge in [0.2, 0.25) is 0 Å². The highest BCUT2D eigenvalue weighted by atomic mass is 16.1. The van der Waals surface area contributed by atoms with Gasteiger partial charge in [0, 0.05) is 12.3 Å². The van der Waals surface area contributed by atoms with Crippen LogP contribution in [0.3, 0.4) is 0 Å². The van der Waals surface area contributed by atoms with Crippen molar-refractivity contribution in [1.82, 2.24) is 4.57 Å². The van der Waals surface area contributed by atoms with Crippen LogP contribution in [-0.2, 0) is 6.54 Å². The van der Waals surface area contributed by atoms with Gasteiger partial charge in [-0.2, -0.15) is 0 Å². The lowest BCUT2D eigenvalue weighted by Crippen LogP contribution is -2.20. The van der Waals surface area contributed by atoms with E-state index in [-0.39, 0.29) is 5.56 Å². The van der Waals surface area contributed by atoms with Crippen LogP contribution in [-0.4, -0.2) is 4.57 Å². The third-order valence-corrected chi connectivity index (χ3v) is 3.12. The summed E-state index contributed by atoms with van der Waals surface area (Å²) in [6.07, 6.45) is 1.86.